The molecule has 2 fully saturated rings. The van der Waals surface area contributed by atoms with E-state index in [2.05, 4.69) is 18.9 Å². The fraction of sp³-hybridized carbons (Fsp3) is 0.938. The third-order valence-electron chi connectivity index (χ3n) is 5.66. The molecule has 2 unspecified atom stereocenters. The van der Waals surface area contributed by atoms with E-state index in [-0.39, 0.29) is 5.97 Å². The van der Waals surface area contributed by atoms with Crippen molar-refractivity contribution in [3.8, 4) is 0 Å². The van der Waals surface area contributed by atoms with Crippen LogP contribution in [-0.2, 0) is 9.53 Å². The molecule has 2 atom stereocenters. The first-order valence-corrected chi connectivity index (χ1v) is 8.09. The van der Waals surface area contributed by atoms with Crippen LogP contribution in [0.5, 0.6) is 0 Å². The minimum Gasteiger partial charge on any atom is -0.468 e. The van der Waals surface area contributed by atoms with Gasteiger partial charge in [-0.2, -0.15) is 0 Å². The lowest BCUT2D eigenvalue weighted by Crippen LogP contribution is -2.49. The summed E-state index contributed by atoms with van der Waals surface area (Å²) in [5, 5.41) is 0. The number of carbonyl (C=O) groups is 1. The van der Waals surface area contributed by atoms with Crippen LogP contribution in [0.3, 0.4) is 0 Å². The summed E-state index contributed by atoms with van der Waals surface area (Å²) < 4.78 is 4.86. The van der Waals surface area contributed by atoms with Crippen LogP contribution in [0.15, 0.2) is 0 Å². The Morgan fingerprint density at radius 2 is 1.90 bits per heavy atom. The van der Waals surface area contributed by atoms with Gasteiger partial charge in [0, 0.05) is 12.1 Å². The number of carbonyl (C=O) groups excluding carboxylic acids is 1. The summed E-state index contributed by atoms with van der Waals surface area (Å²) in [5.41, 5.74) is 5.46. The highest BCUT2D eigenvalue weighted by Crippen LogP contribution is 2.36. The maximum atomic E-state index is 11.8. The lowest BCUT2D eigenvalue weighted by atomic mass is 9.83. The van der Waals surface area contributed by atoms with Gasteiger partial charge in [0.1, 0.15) is 5.54 Å². The highest BCUT2D eigenvalue weighted by atomic mass is 16.5. The summed E-state index contributed by atoms with van der Waals surface area (Å²) in [7, 11) is 3.64. The lowest BCUT2D eigenvalue weighted by Gasteiger charge is -2.38. The first-order chi connectivity index (χ1) is 9.50. The minimum absolute atomic E-state index is 0.247. The molecule has 116 valence electrons. The monoisotopic (exact) mass is 282 g/mol. The molecule has 2 N–H and O–H groups in total. The number of esters is 1. The Bertz CT molecular complexity index is 339. The predicted molar refractivity (Wildman–Crippen MR) is 80.4 cm³/mol. The van der Waals surface area contributed by atoms with Crippen LogP contribution in [-0.4, -0.2) is 42.6 Å². The molecule has 2 saturated carbocycles. The molecule has 4 heteroatoms. The minimum atomic E-state index is -0.756. The third kappa shape index (κ3) is 3.17. The average molecular weight is 282 g/mol. The van der Waals surface area contributed by atoms with Gasteiger partial charge in [0.2, 0.25) is 0 Å². The van der Waals surface area contributed by atoms with Gasteiger partial charge in [-0.25, -0.2) is 0 Å². The van der Waals surface area contributed by atoms with E-state index >= 15 is 0 Å². The van der Waals surface area contributed by atoms with Crippen molar-refractivity contribution in [2.24, 2.45) is 11.7 Å². The van der Waals surface area contributed by atoms with Crippen molar-refractivity contribution in [1.82, 2.24) is 4.90 Å². The molecule has 0 radical (unpaired) electrons. The smallest absolute Gasteiger partial charge is 0.325 e. The van der Waals surface area contributed by atoms with Gasteiger partial charge in [-0.15, -0.1) is 0 Å². The Morgan fingerprint density at radius 3 is 2.45 bits per heavy atom. The van der Waals surface area contributed by atoms with E-state index < -0.39 is 5.54 Å². The van der Waals surface area contributed by atoms with Gasteiger partial charge in [-0.05, 0) is 57.9 Å². The second-order valence-corrected chi connectivity index (χ2v) is 6.79. The Hall–Kier alpha value is -0.610. The van der Waals surface area contributed by atoms with Gasteiger partial charge in [0.15, 0.2) is 0 Å². The predicted octanol–water partition coefficient (Wildman–Crippen LogP) is 2.31. The summed E-state index contributed by atoms with van der Waals surface area (Å²) in [6.07, 6.45) is 9.10. The highest BCUT2D eigenvalue weighted by molar-refractivity contribution is 5.81. The number of ether oxygens (including phenoxy) is 1. The number of methoxy groups -OCH3 is 1. The molecular weight excluding hydrogens is 252 g/mol. The molecule has 0 aromatic carbocycles. The van der Waals surface area contributed by atoms with E-state index in [0.717, 1.165) is 25.2 Å². The first kappa shape index (κ1) is 15.8. The maximum absolute atomic E-state index is 11.8. The molecule has 0 saturated heterocycles. The molecule has 0 aromatic rings. The van der Waals surface area contributed by atoms with Crippen molar-refractivity contribution in [2.45, 2.75) is 75.9 Å². The molecule has 2 rings (SSSR count). The quantitative estimate of drug-likeness (QED) is 0.804. The first-order valence-electron chi connectivity index (χ1n) is 8.09. The molecule has 0 spiro atoms. The van der Waals surface area contributed by atoms with Crippen LogP contribution in [0.25, 0.3) is 0 Å². The largest absolute Gasteiger partial charge is 0.468 e. The van der Waals surface area contributed by atoms with Crippen molar-refractivity contribution >= 4 is 5.97 Å². The molecule has 20 heavy (non-hydrogen) atoms. The summed E-state index contributed by atoms with van der Waals surface area (Å²) in [4.78, 5) is 14.3. The molecule has 0 aromatic heterocycles. The number of nitrogens with two attached hydrogens (primary N) is 1. The van der Waals surface area contributed by atoms with Crippen LogP contribution in [0, 0.1) is 5.92 Å². The van der Waals surface area contributed by atoms with Gasteiger partial charge >= 0.3 is 5.97 Å². The van der Waals surface area contributed by atoms with Gasteiger partial charge < -0.3 is 15.4 Å². The third-order valence-corrected chi connectivity index (χ3v) is 5.66. The van der Waals surface area contributed by atoms with Crippen molar-refractivity contribution in [3.05, 3.63) is 0 Å². The number of nitrogens with zero attached hydrogens (tertiary/aromatic N) is 1. The second-order valence-electron chi connectivity index (χ2n) is 6.79. The van der Waals surface area contributed by atoms with Gasteiger partial charge in [-0.3, -0.25) is 4.79 Å². The summed E-state index contributed by atoms with van der Waals surface area (Å²) in [6.45, 7) is 2.30. The van der Waals surface area contributed by atoms with Crippen LogP contribution in [0.4, 0.5) is 0 Å². The zero-order valence-corrected chi connectivity index (χ0v) is 13.2. The molecule has 0 heterocycles. The van der Waals surface area contributed by atoms with Gasteiger partial charge in [-0.1, -0.05) is 13.3 Å². The van der Waals surface area contributed by atoms with E-state index in [1.807, 2.05) is 0 Å². The van der Waals surface area contributed by atoms with E-state index in [9.17, 15) is 4.79 Å². The SMILES string of the molecule is CCC1CCC(N(C)C2CCC(N)(C(=O)OC)C2)CC1. The number of rotatable bonds is 4. The summed E-state index contributed by atoms with van der Waals surface area (Å²) in [5.74, 6) is 0.676. The van der Waals surface area contributed by atoms with Gasteiger partial charge in [0.25, 0.3) is 0 Å². The molecule has 2 aliphatic rings. The molecule has 4 nitrogen and oxygen atoms in total. The Labute approximate surface area is 123 Å². The second kappa shape index (κ2) is 6.44. The molecule has 2 aliphatic carbocycles. The zero-order chi connectivity index (χ0) is 14.8. The van der Waals surface area contributed by atoms with Crippen LogP contribution >= 0.6 is 0 Å². The van der Waals surface area contributed by atoms with E-state index in [4.69, 9.17) is 10.5 Å². The maximum Gasteiger partial charge on any atom is 0.325 e. The standard InChI is InChI=1S/C16H30N2O2/c1-4-12-5-7-13(8-6-12)18(2)14-9-10-16(17,11-14)15(19)20-3/h12-14H,4-11,17H2,1-3H3. The Kier molecular flexibility index (Phi) is 5.08. The number of hydrogen-bond donors (Lipinski definition) is 1. The molecule has 0 bridgehead atoms. The Balaban J connectivity index is 1.88. The van der Waals surface area contributed by atoms with Gasteiger partial charge in [0.05, 0.1) is 7.11 Å². The van der Waals surface area contributed by atoms with Crippen molar-refractivity contribution in [3.63, 3.8) is 0 Å². The van der Waals surface area contributed by atoms with Crippen LogP contribution in [0.2, 0.25) is 0 Å². The van der Waals surface area contributed by atoms with Crippen LogP contribution < -0.4 is 5.73 Å². The fourth-order valence-corrected chi connectivity index (χ4v) is 4.04. The average Bonchev–Trinajstić information content (AvgIpc) is 2.89. The molecule has 0 amide bonds. The van der Waals surface area contributed by atoms with E-state index in [0.29, 0.717) is 12.1 Å². The molecule has 0 aliphatic heterocycles. The van der Waals surface area contributed by atoms with Crippen LogP contribution in [0.1, 0.15) is 58.3 Å². The highest BCUT2D eigenvalue weighted by Gasteiger charge is 2.45. The van der Waals surface area contributed by atoms with Crippen molar-refractivity contribution < 1.29 is 9.53 Å². The number of hydrogen-bond acceptors (Lipinski definition) is 4. The van der Waals surface area contributed by atoms with E-state index in [1.165, 1.54) is 39.2 Å². The fourth-order valence-electron chi connectivity index (χ4n) is 4.04. The summed E-state index contributed by atoms with van der Waals surface area (Å²) >= 11 is 0. The normalized spacial score (nSPS) is 38.1. The summed E-state index contributed by atoms with van der Waals surface area (Å²) in [6, 6.07) is 1.10. The lowest BCUT2D eigenvalue weighted by molar-refractivity contribution is -0.147. The van der Waals surface area contributed by atoms with Crippen molar-refractivity contribution in [1.29, 1.82) is 0 Å². The topological polar surface area (TPSA) is 55.6 Å². The zero-order valence-electron chi connectivity index (χ0n) is 13.2. The van der Waals surface area contributed by atoms with E-state index in [1.54, 1.807) is 0 Å². The van der Waals surface area contributed by atoms with Crippen molar-refractivity contribution in [2.75, 3.05) is 14.2 Å². The molecular formula is C16H30N2O2. The Morgan fingerprint density at radius 1 is 1.25 bits per heavy atom.